The number of hydrogen-bond acceptors (Lipinski definition) is 7. The summed E-state index contributed by atoms with van der Waals surface area (Å²) in [6.45, 7) is 0. The summed E-state index contributed by atoms with van der Waals surface area (Å²) in [5, 5.41) is 7.16. The number of aromatic nitrogens is 4. The second-order valence-corrected chi connectivity index (χ2v) is 12.6. The van der Waals surface area contributed by atoms with Gasteiger partial charge in [-0.25, -0.2) is 19.9 Å². The molecule has 0 N–H and O–H groups in total. The highest BCUT2D eigenvalue weighted by molar-refractivity contribution is 7.26. The molecular formula is C32H15Cl3N4OS2. The fraction of sp³-hybridized carbons (Fsp3) is 0. The van der Waals surface area contributed by atoms with Gasteiger partial charge in [-0.3, -0.25) is 0 Å². The summed E-state index contributed by atoms with van der Waals surface area (Å²) < 4.78 is 8.53. The summed E-state index contributed by atoms with van der Waals surface area (Å²) in [4.78, 5) is 18.9. The Morgan fingerprint density at radius 2 is 1.10 bits per heavy atom. The lowest BCUT2D eigenvalue weighted by Crippen LogP contribution is -1.89. The minimum Gasteiger partial charge on any atom is -0.455 e. The van der Waals surface area contributed by atoms with Crippen LogP contribution in [0.2, 0.25) is 15.7 Å². The topological polar surface area (TPSA) is 64.7 Å². The molecular weight excluding hydrogens is 627 g/mol. The van der Waals surface area contributed by atoms with E-state index in [0.717, 1.165) is 69.1 Å². The van der Waals surface area contributed by atoms with Crippen LogP contribution in [0.15, 0.2) is 95.4 Å². The first kappa shape index (κ1) is 25.8. The average molecular weight is 642 g/mol. The Bertz CT molecular complexity index is 2480. The molecule has 0 aliphatic carbocycles. The first-order valence-corrected chi connectivity index (χ1v) is 15.6. The van der Waals surface area contributed by atoms with Gasteiger partial charge >= 0.3 is 0 Å². The zero-order valence-electron chi connectivity index (χ0n) is 21.3. The largest absolute Gasteiger partial charge is 0.455 e. The number of para-hydroxylation sites is 2. The zero-order chi connectivity index (χ0) is 28.4. The van der Waals surface area contributed by atoms with Crippen LogP contribution >= 0.6 is 57.5 Å². The molecule has 0 radical (unpaired) electrons. The lowest BCUT2D eigenvalue weighted by molar-refractivity contribution is 0.670. The Balaban J connectivity index is 0.000000150. The van der Waals surface area contributed by atoms with Crippen molar-refractivity contribution in [1.29, 1.82) is 0 Å². The number of rotatable bonds is 1. The smallest absolute Gasteiger partial charge is 0.225 e. The lowest BCUT2D eigenvalue weighted by Gasteiger charge is -2.05. The van der Waals surface area contributed by atoms with Crippen LogP contribution in [0.25, 0.3) is 73.8 Å². The third-order valence-corrected chi connectivity index (χ3v) is 9.78. The van der Waals surface area contributed by atoms with Crippen LogP contribution in [-0.2, 0) is 0 Å². The van der Waals surface area contributed by atoms with E-state index in [0.29, 0.717) is 5.15 Å². The summed E-state index contributed by atoms with van der Waals surface area (Å²) in [7, 11) is 0. The number of halogens is 3. The predicted octanol–water partition coefficient (Wildman–Crippen LogP) is 11.2. The molecule has 0 atom stereocenters. The van der Waals surface area contributed by atoms with Crippen molar-refractivity contribution in [2.75, 3.05) is 0 Å². The number of nitrogens with zero attached hydrogens (tertiary/aromatic N) is 4. The second-order valence-electron chi connectivity index (χ2n) is 9.46. The van der Waals surface area contributed by atoms with Crippen molar-refractivity contribution in [3.05, 3.63) is 107 Å². The molecule has 0 saturated heterocycles. The molecule has 0 unspecified atom stereocenters. The zero-order valence-corrected chi connectivity index (χ0v) is 25.2. The van der Waals surface area contributed by atoms with Crippen LogP contribution in [0.1, 0.15) is 0 Å². The van der Waals surface area contributed by atoms with Crippen molar-refractivity contribution in [3.63, 3.8) is 0 Å². The number of furan rings is 1. The van der Waals surface area contributed by atoms with Crippen molar-refractivity contribution in [1.82, 2.24) is 19.9 Å². The van der Waals surface area contributed by atoms with Crippen molar-refractivity contribution < 1.29 is 4.42 Å². The van der Waals surface area contributed by atoms with Gasteiger partial charge < -0.3 is 4.42 Å². The van der Waals surface area contributed by atoms with E-state index in [1.165, 1.54) is 4.70 Å². The van der Waals surface area contributed by atoms with Gasteiger partial charge in [0.15, 0.2) is 0 Å². The van der Waals surface area contributed by atoms with Crippen molar-refractivity contribution in [3.8, 4) is 11.3 Å². The standard InChI is InChI=1S/C22H11ClN2OS.C10H4Cl2N2S/c23-22-24-19(18-14-7-2-4-11-17(14)27-21(18)25-22)15-9-5-8-13-12-6-1-3-10-16(12)26-20(13)15;11-8-7-5-3-1-2-4-6(5)15-9(7)14-10(12)13-8/h1-11H;1-4H. The van der Waals surface area contributed by atoms with Crippen molar-refractivity contribution >= 4 is 120 Å². The molecule has 0 saturated carbocycles. The van der Waals surface area contributed by atoms with E-state index >= 15 is 0 Å². The maximum absolute atomic E-state index is 6.29. The van der Waals surface area contributed by atoms with E-state index in [9.17, 15) is 0 Å². The molecule has 0 aliphatic rings. The first-order valence-electron chi connectivity index (χ1n) is 12.8. The molecule has 0 fully saturated rings. The van der Waals surface area contributed by atoms with Gasteiger partial charge in [-0.05, 0) is 47.5 Å². The SMILES string of the molecule is Clc1nc(-c2cccc3c2oc2ccccc23)c2c(n1)sc1ccccc12.Clc1nc(Cl)c2c(n1)sc1ccccc12. The number of thiophene rings is 2. The minimum absolute atomic E-state index is 0.194. The van der Waals surface area contributed by atoms with Crippen molar-refractivity contribution in [2.45, 2.75) is 0 Å². The highest BCUT2D eigenvalue weighted by Crippen LogP contribution is 2.42. The first-order chi connectivity index (χ1) is 20.5. The Labute approximate surface area is 261 Å². The highest BCUT2D eigenvalue weighted by Gasteiger charge is 2.19. The van der Waals surface area contributed by atoms with Gasteiger partial charge in [0, 0.05) is 41.9 Å². The molecule has 5 aromatic heterocycles. The van der Waals surface area contributed by atoms with E-state index in [-0.39, 0.29) is 10.6 Å². The minimum atomic E-state index is 0.194. The van der Waals surface area contributed by atoms with Gasteiger partial charge in [0.2, 0.25) is 10.6 Å². The Morgan fingerprint density at radius 1 is 0.524 bits per heavy atom. The Kier molecular flexibility index (Phi) is 6.24. The van der Waals surface area contributed by atoms with E-state index < -0.39 is 0 Å². The van der Waals surface area contributed by atoms with Crippen LogP contribution in [0.3, 0.4) is 0 Å². The highest BCUT2D eigenvalue weighted by atomic mass is 35.5. The molecule has 9 aromatic rings. The molecule has 0 aliphatic heterocycles. The van der Waals surface area contributed by atoms with Crippen molar-refractivity contribution in [2.24, 2.45) is 0 Å². The van der Waals surface area contributed by atoms with Gasteiger partial charge in [0.1, 0.15) is 26.0 Å². The molecule has 0 bridgehead atoms. The second kappa shape index (κ2) is 10.2. The number of benzene rings is 4. The van der Waals surface area contributed by atoms with E-state index in [2.05, 4.69) is 44.2 Å². The van der Waals surface area contributed by atoms with Gasteiger partial charge in [-0.15, -0.1) is 22.7 Å². The molecule has 5 heterocycles. The maximum Gasteiger partial charge on any atom is 0.225 e. The maximum atomic E-state index is 6.29. The van der Waals surface area contributed by atoms with Gasteiger partial charge in [0.05, 0.1) is 11.1 Å². The fourth-order valence-electron chi connectivity index (χ4n) is 5.28. The average Bonchev–Trinajstić information content (AvgIpc) is 3.67. The molecule has 5 nitrogen and oxygen atoms in total. The molecule has 9 rings (SSSR count). The number of hydrogen-bond donors (Lipinski definition) is 0. The summed E-state index contributed by atoms with van der Waals surface area (Å²) >= 11 is 21.3. The third-order valence-electron chi connectivity index (χ3n) is 7.04. The van der Waals surface area contributed by atoms with Crippen LogP contribution in [0.5, 0.6) is 0 Å². The quantitative estimate of drug-likeness (QED) is 0.132. The Morgan fingerprint density at radius 3 is 1.83 bits per heavy atom. The van der Waals surface area contributed by atoms with Crippen LogP contribution in [0.4, 0.5) is 0 Å². The van der Waals surface area contributed by atoms with Crippen LogP contribution < -0.4 is 0 Å². The monoisotopic (exact) mass is 640 g/mol. The molecule has 0 amide bonds. The number of fused-ring (bicyclic) bond motifs is 9. The predicted molar refractivity (Wildman–Crippen MR) is 178 cm³/mol. The van der Waals surface area contributed by atoms with Gasteiger partial charge in [-0.1, -0.05) is 78.3 Å². The van der Waals surface area contributed by atoms with E-state index in [4.69, 9.17) is 39.2 Å². The Hall–Kier alpha value is -3.85. The molecule has 0 spiro atoms. The lowest BCUT2D eigenvalue weighted by atomic mass is 10.0. The van der Waals surface area contributed by atoms with Crippen LogP contribution in [0, 0.1) is 0 Å². The third kappa shape index (κ3) is 4.20. The summed E-state index contributed by atoms with van der Waals surface area (Å²) in [5.41, 5.74) is 3.44. The van der Waals surface area contributed by atoms with E-state index in [1.807, 2.05) is 66.7 Å². The molecule has 10 heteroatoms. The van der Waals surface area contributed by atoms with Gasteiger partial charge in [-0.2, -0.15) is 0 Å². The molecule has 202 valence electrons. The van der Waals surface area contributed by atoms with Crippen LogP contribution in [-0.4, -0.2) is 19.9 Å². The fourth-order valence-corrected chi connectivity index (χ4v) is 8.24. The molecule has 4 aromatic carbocycles. The van der Waals surface area contributed by atoms with Gasteiger partial charge in [0.25, 0.3) is 0 Å². The summed E-state index contributed by atoms with van der Waals surface area (Å²) in [5.74, 6) is 0. The normalized spacial score (nSPS) is 11.7. The molecule has 42 heavy (non-hydrogen) atoms. The summed E-state index contributed by atoms with van der Waals surface area (Å²) in [6.07, 6.45) is 0. The van der Waals surface area contributed by atoms with E-state index in [1.54, 1.807) is 22.7 Å². The summed E-state index contributed by atoms with van der Waals surface area (Å²) in [6, 6.07) is 30.5.